The molecule has 2 aromatic rings. The number of aliphatic hydroxyl groups excluding tert-OH is 1. The summed E-state index contributed by atoms with van der Waals surface area (Å²) in [6.45, 7) is 2.23. The Morgan fingerprint density at radius 3 is 2.41 bits per heavy atom. The summed E-state index contributed by atoms with van der Waals surface area (Å²) in [7, 11) is 0. The van der Waals surface area contributed by atoms with Crippen molar-refractivity contribution in [3.05, 3.63) is 69.7 Å². The van der Waals surface area contributed by atoms with Crippen molar-refractivity contribution in [3.63, 3.8) is 0 Å². The molecule has 0 heterocycles. The molecule has 3 nitrogen and oxygen atoms in total. The van der Waals surface area contributed by atoms with Crippen LogP contribution < -0.4 is 11.1 Å². The molecule has 0 radical (unpaired) electrons. The molecule has 2 rings (SSSR count). The number of nitrogens with two attached hydrogens (primary N) is 1. The van der Waals surface area contributed by atoms with Crippen LogP contribution in [0.5, 0.6) is 0 Å². The Morgan fingerprint density at radius 2 is 1.82 bits per heavy atom. The maximum atomic E-state index is 9.83. The Kier molecular flexibility index (Phi) is 6.24. The minimum Gasteiger partial charge on any atom is -0.392 e. The quantitative estimate of drug-likeness (QED) is 0.755. The van der Waals surface area contributed by atoms with Gasteiger partial charge in [0.15, 0.2) is 0 Å². The second kappa shape index (κ2) is 7.95. The molecular weight excluding hydrogens is 319 g/mol. The van der Waals surface area contributed by atoms with Crippen molar-refractivity contribution in [2.75, 3.05) is 0 Å². The predicted octanol–water partition coefficient (Wildman–Crippen LogP) is 3.53. The summed E-state index contributed by atoms with van der Waals surface area (Å²) in [4.78, 5) is 0. The SMILES string of the molecule is C[C@@H](O)[C@@H](N)C(NCc1ccc(Cl)cc1Cl)c1ccccc1. The van der Waals surface area contributed by atoms with Crippen molar-refractivity contribution in [3.8, 4) is 0 Å². The monoisotopic (exact) mass is 338 g/mol. The first-order valence-electron chi connectivity index (χ1n) is 7.15. The summed E-state index contributed by atoms with van der Waals surface area (Å²) in [6, 6.07) is 14.6. The van der Waals surface area contributed by atoms with E-state index in [1.54, 1.807) is 19.1 Å². The number of nitrogens with one attached hydrogen (secondary N) is 1. The summed E-state index contributed by atoms with van der Waals surface area (Å²) >= 11 is 12.1. The van der Waals surface area contributed by atoms with Crippen LogP contribution in [0.1, 0.15) is 24.1 Å². The van der Waals surface area contributed by atoms with E-state index in [2.05, 4.69) is 5.32 Å². The van der Waals surface area contributed by atoms with Crippen molar-refractivity contribution in [1.82, 2.24) is 5.32 Å². The molecule has 22 heavy (non-hydrogen) atoms. The van der Waals surface area contributed by atoms with Crippen LogP contribution in [0.4, 0.5) is 0 Å². The van der Waals surface area contributed by atoms with Gasteiger partial charge in [-0.2, -0.15) is 0 Å². The fourth-order valence-corrected chi connectivity index (χ4v) is 2.78. The van der Waals surface area contributed by atoms with Crippen molar-refractivity contribution in [2.24, 2.45) is 5.73 Å². The highest BCUT2D eigenvalue weighted by Gasteiger charge is 2.23. The average molecular weight is 339 g/mol. The number of aliphatic hydroxyl groups is 1. The molecule has 0 saturated heterocycles. The molecule has 0 amide bonds. The molecule has 0 spiro atoms. The summed E-state index contributed by atoms with van der Waals surface area (Å²) in [5.41, 5.74) is 8.12. The minimum absolute atomic E-state index is 0.173. The molecular formula is C17H20Cl2N2O. The lowest BCUT2D eigenvalue weighted by Gasteiger charge is -2.28. The number of hydrogen-bond donors (Lipinski definition) is 3. The third-order valence-corrected chi connectivity index (χ3v) is 4.22. The van der Waals surface area contributed by atoms with Crippen LogP contribution in [0.3, 0.4) is 0 Å². The fourth-order valence-electron chi connectivity index (χ4n) is 2.30. The number of benzene rings is 2. The van der Waals surface area contributed by atoms with E-state index in [0.717, 1.165) is 11.1 Å². The first-order chi connectivity index (χ1) is 10.5. The van der Waals surface area contributed by atoms with Gasteiger partial charge >= 0.3 is 0 Å². The largest absolute Gasteiger partial charge is 0.392 e. The molecule has 0 aliphatic heterocycles. The predicted molar refractivity (Wildman–Crippen MR) is 92.1 cm³/mol. The normalized spacial score (nSPS) is 15.3. The van der Waals surface area contributed by atoms with Gasteiger partial charge in [0.25, 0.3) is 0 Å². The molecule has 0 aromatic heterocycles. The Balaban J connectivity index is 2.16. The summed E-state index contributed by atoms with van der Waals surface area (Å²) in [5.74, 6) is 0. The molecule has 3 atom stereocenters. The second-order valence-electron chi connectivity index (χ2n) is 5.32. The number of rotatable bonds is 6. The zero-order valence-corrected chi connectivity index (χ0v) is 13.9. The van der Waals surface area contributed by atoms with Crippen molar-refractivity contribution >= 4 is 23.2 Å². The van der Waals surface area contributed by atoms with E-state index in [9.17, 15) is 5.11 Å². The standard InChI is InChI=1S/C17H20Cl2N2O/c1-11(22)16(20)17(12-5-3-2-4-6-12)21-10-13-7-8-14(18)9-15(13)19/h2-9,11,16-17,21-22H,10,20H2,1H3/t11-,16-,17?/m1/s1. The molecule has 2 aromatic carbocycles. The van der Waals surface area contributed by atoms with E-state index < -0.39 is 12.1 Å². The van der Waals surface area contributed by atoms with Gasteiger partial charge in [-0.15, -0.1) is 0 Å². The van der Waals surface area contributed by atoms with Crippen LogP contribution in [-0.2, 0) is 6.54 Å². The van der Waals surface area contributed by atoms with E-state index in [4.69, 9.17) is 28.9 Å². The van der Waals surface area contributed by atoms with E-state index in [-0.39, 0.29) is 6.04 Å². The zero-order valence-electron chi connectivity index (χ0n) is 12.3. The smallest absolute Gasteiger partial charge is 0.0681 e. The minimum atomic E-state index is -0.626. The molecule has 0 saturated carbocycles. The molecule has 0 aliphatic carbocycles. The molecule has 0 aliphatic rings. The first kappa shape index (κ1) is 17.3. The van der Waals surface area contributed by atoms with Gasteiger partial charge < -0.3 is 16.2 Å². The Bertz CT molecular complexity index is 605. The summed E-state index contributed by atoms with van der Waals surface area (Å²) in [5, 5.41) is 14.4. The lowest BCUT2D eigenvalue weighted by molar-refractivity contribution is 0.142. The highest BCUT2D eigenvalue weighted by Crippen LogP contribution is 2.23. The second-order valence-corrected chi connectivity index (χ2v) is 6.17. The van der Waals surface area contributed by atoms with Crippen LogP contribution in [0.15, 0.2) is 48.5 Å². The van der Waals surface area contributed by atoms with E-state index >= 15 is 0 Å². The molecule has 0 fully saturated rings. The highest BCUT2D eigenvalue weighted by atomic mass is 35.5. The first-order valence-corrected chi connectivity index (χ1v) is 7.90. The van der Waals surface area contributed by atoms with Crippen molar-refractivity contribution < 1.29 is 5.11 Å². The van der Waals surface area contributed by atoms with Gasteiger partial charge in [-0.05, 0) is 30.2 Å². The van der Waals surface area contributed by atoms with Crippen LogP contribution in [0.25, 0.3) is 0 Å². The molecule has 0 bridgehead atoms. The number of hydrogen-bond acceptors (Lipinski definition) is 3. The van der Waals surface area contributed by atoms with Crippen LogP contribution in [-0.4, -0.2) is 17.3 Å². The third-order valence-electron chi connectivity index (χ3n) is 3.63. The Labute approximate surface area is 141 Å². The maximum absolute atomic E-state index is 9.83. The topological polar surface area (TPSA) is 58.3 Å². The Morgan fingerprint density at radius 1 is 1.14 bits per heavy atom. The van der Waals surface area contributed by atoms with E-state index in [1.165, 1.54) is 0 Å². The lowest BCUT2D eigenvalue weighted by atomic mass is 9.96. The fraction of sp³-hybridized carbons (Fsp3) is 0.294. The molecule has 5 heteroatoms. The summed E-state index contributed by atoms with van der Waals surface area (Å²) in [6.07, 6.45) is -0.626. The van der Waals surface area contributed by atoms with Crippen LogP contribution in [0, 0.1) is 0 Å². The van der Waals surface area contributed by atoms with Crippen LogP contribution >= 0.6 is 23.2 Å². The average Bonchev–Trinajstić information content (AvgIpc) is 2.50. The molecule has 1 unspecified atom stereocenters. The van der Waals surface area contributed by atoms with Gasteiger partial charge in [-0.3, -0.25) is 0 Å². The van der Waals surface area contributed by atoms with E-state index in [0.29, 0.717) is 16.6 Å². The van der Waals surface area contributed by atoms with Gasteiger partial charge in [0, 0.05) is 22.6 Å². The van der Waals surface area contributed by atoms with Gasteiger partial charge in [0.2, 0.25) is 0 Å². The number of halogens is 2. The van der Waals surface area contributed by atoms with Crippen molar-refractivity contribution in [2.45, 2.75) is 31.7 Å². The molecule has 118 valence electrons. The Hall–Kier alpha value is -1.10. The summed E-state index contributed by atoms with van der Waals surface area (Å²) < 4.78 is 0. The van der Waals surface area contributed by atoms with Gasteiger partial charge in [-0.25, -0.2) is 0 Å². The highest BCUT2D eigenvalue weighted by molar-refractivity contribution is 6.35. The maximum Gasteiger partial charge on any atom is 0.0681 e. The lowest BCUT2D eigenvalue weighted by Crippen LogP contribution is -2.44. The van der Waals surface area contributed by atoms with Gasteiger partial charge in [-0.1, -0.05) is 59.6 Å². The van der Waals surface area contributed by atoms with E-state index in [1.807, 2.05) is 36.4 Å². The molecule has 4 N–H and O–H groups in total. The zero-order chi connectivity index (χ0) is 16.1. The third kappa shape index (κ3) is 4.45. The van der Waals surface area contributed by atoms with Gasteiger partial charge in [0.1, 0.15) is 0 Å². The van der Waals surface area contributed by atoms with Gasteiger partial charge in [0.05, 0.1) is 12.1 Å². The van der Waals surface area contributed by atoms with Crippen LogP contribution in [0.2, 0.25) is 10.0 Å². The van der Waals surface area contributed by atoms with Crippen molar-refractivity contribution in [1.29, 1.82) is 0 Å².